The average molecular weight is 270 g/mol. The molecule has 0 saturated carbocycles. The van der Waals surface area contributed by atoms with Crippen LogP contribution in [0, 0.1) is 0 Å². The SMILES string of the molecule is CCc1ccc(C(O)COc2cccc(CC)c2)cc1. The Morgan fingerprint density at radius 3 is 2.30 bits per heavy atom. The highest BCUT2D eigenvalue weighted by molar-refractivity contribution is 5.29. The second-order valence-corrected chi connectivity index (χ2v) is 4.92. The van der Waals surface area contributed by atoms with E-state index in [1.165, 1.54) is 11.1 Å². The zero-order chi connectivity index (χ0) is 14.4. The van der Waals surface area contributed by atoms with Crippen molar-refractivity contribution in [2.24, 2.45) is 0 Å². The number of aliphatic hydroxyl groups is 1. The maximum absolute atomic E-state index is 10.1. The molecule has 0 fully saturated rings. The molecule has 2 nitrogen and oxygen atoms in total. The number of hydrogen-bond acceptors (Lipinski definition) is 2. The summed E-state index contributed by atoms with van der Waals surface area (Å²) < 4.78 is 5.67. The van der Waals surface area contributed by atoms with E-state index < -0.39 is 6.10 Å². The molecular weight excluding hydrogens is 248 g/mol. The molecule has 1 N–H and O–H groups in total. The molecule has 2 aromatic rings. The molecule has 0 amide bonds. The summed E-state index contributed by atoms with van der Waals surface area (Å²) >= 11 is 0. The van der Waals surface area contributed by atoms with Gasteiger partial charge < -0.3 is 9.84 Å². The van der Waals surface area contributed by atoms with Crippen LogP contribution in [0.15, 0.2) is 48.5 Å². The van der Waals surface area contributed by atoms with Gasteiger partial charge >= 0.3 is 0 Å². The fourth-order valence-corrected chi connectivity index (χ4v) is 2.10. The van der Waals surface area contributed by atoms with Crippen LogP contribution in [0.25, 0.3) is 0 Å². The molecule has 0 spiro atoms. The van der Waals surface area contributed by atoms with Crippen molar-refractivity contribution in [3.8, 4) is 5.75 Å². The van der Waals surface area contributed by atoms with Crippen molar-refractivity contribution in [2.75, 3.05) is 6.61 Å². The molecule has 20 heavy (non-hydrogen) atoms. The highest BCUT2D eigenvalue weighted by Gasteiger charge is 2.08. The molecular formula is C18H22O2. The first kappa shape index (κ1) is 14.6. The molecule has 2 rings (SSSR count). The molecule has 2 heteroatoms. The monoisotopic (exact) mass is 270 g/mol. The molecule has 1 unspecified atom stereocenters. The van der Waals surface area contributed by atoms with E-state index in [1.54, 1.807) is 0 Å². The van der Waals surface area contributed by atoms with E-state index >= 15 is 0 Å². The van der Waals surface area contributed by atoms with Crippen molar-refractivity contribution in [1.82, 2.24) is 0 Å². The lowest BCUT2D eigenvalue weighted by atomic mass is 10.1. The van der Waals surface area contributed by atoms with Crippen molar-refractivity contribution in [3.63, 3.8) is 0 Å². The predicted molar refractivity (Wildman–Crippen MR) is 82.1 cm³/mol. The van der Waals surface area contributed by atoms with Crippen LogP contribution < -0.4 is 4.74 Å². The standard InChI is InChI=1S/C18H22O2/c1-3-14-8-10-16(11-9-14)18(19)13-20-17-7-5-6-15(4-2)12-17/h5-12,18-19H,3-4,13H2,1-2H3. The average Bonchev–Trinajstić information content (AvgIpc) is 2.53. The molecule has 106 valence electrons. The van der Waals surface area contributed by atoms with Gasteiger partial charge in [0.2, 0.25) is 0 Å². The van der Waals surface area contributed by atoms with Crippen molar-refractivity contribution in [3.05, 3.63) is 65.2 Å². The second-order valence-electron chi connectivity index (χ2n) is 4.92. The molecule has 0 aromatic heterocycles. The van der Waals surface area contributed by atoms with E-state index in [0.29, 0.717) is 0 Å². The Balaban J connectivity index is 1.95. The highest BCUT2D eigenvalue weighted by atomic mass is 16.5. The quantitative estimate of drug-likeness (QED) is 0.862. The van der Waals surface area contributed by atoms with Crippen LogP contribution in [-0.4, -0.2) is 11.7 Å². The van der Waals surface area contributed by atoms with Crippen LogP contribution in [0.2, 0.25) is 0 Å². The van der Waals surface area contributed by atoms with Crippen molar-refractivity contribution in [2.45, 2.75) is 32.8 Å². The third kappa shape index (κ3) is 3.84. The van der Waals surface area contributed by atoms with E-state index in [-0.39, 0.29) is 6.61 Å². The van der Waals surface area contributed by atoms with E-state index in [2.05, 4.69) is 32.0 Å². The molecule has 0 aliphatic rings. The summed E-state index contributed by atoms with van der Waals surface area (Å²) in [4.78, 5) is 0. The summed E-state index contributed by atoms with van der Waals surface area (Å²) in [6, 6.07) is 16.0. The van der Waals surface area contributed by atoms with Gasteiger partial charge in [-0.1, -0.05) is 50.2 Å². The fourth-order valence-electron chi connectivity index (χ4n) is 2.10. The van der Waals surface area contributed by atoms with E-state index in [1.807, 2.05) is 30.3 Å². The van der Waals surface area contributed by atoms with E-state index in [9.17, 15) is 5.11 Å². The zero-order valence-corrected chi connectivity index (χ0v) is 12.2. The molecule has 0 radical (unpaired) electrons. The lowest BCUT2D eigenvalue weighted by molar-refractivity contribution is 0.108. The van der Waals surface area contributed by atoms with Gasteiger partial charge in [-0.05, 0) is 41.7 Å². The zero-order valence-electron chi connectivity index (χ0n) is 12.2. The number of aryl methyl sites for hydroxylation is 2. The maximum atomic E-state index is 10.1. The van der Waals surface area contributed by atoms with Gasteiger partial charge in [0.05, 0.1) is 0 Å². The first-order chi connectivity index (χ1) is 9.72. The third-order valence-corrected chi connectivity index (χ3v) is 3.49. The topological polar surface area (TPSA) is 29.5 Å². The van der Waals surface area contributed by atoms with Gasteiger partial charge in [0.15, 0.2) is 0 Å². The highest BCUT2D eigenvalue weighted by Crippen LogP contribution is 2.18. The largest absolute Gasteiger partial charge is 0.491 e. The molecule has 0 saturated heterocycles. The van der Waals surface area contributed by atoms with Gasteiger partial charge in [-0.25, -0.2) is 0 Å². The Morgan fingerprint density at radius 1 is 0.950 bits per heavy atom. The van der Waals surface area contributed by atoms with E-state index in [0.717, 1.165) is 24.2 Å². The molecule has 2 aromatic carbocycles. The fraction of sp³-hybridized carbons (Fsp3) is 0.333. The molecule has 1 atom stereocenters. The van der Waals surface area contributed by atoms with Crippen LogP contribution in [0.1, 0.15) is 36.6 Å². The van der Waals surface area contributed by atoms with Gasteiger partial charge in [0.1, 0.15) is 18.5 Å². The van der Waals surface area contributed by atoms with Crippen LogP contribution in [-0.2, 0) is 12.8 Å². The molecule has 0 bridgehead atoms. The van der Waals surface area contributed by atoms with Gasteiger partial charge in [-0.2, -0.15) is 0 Å². The van der Waals surface area contributed by atoms with Crippen molar-refractivity contribution < 1.29 is 9.84 Å². The minimum atomic E-state index is -0.591. The minimum Gasteiger partial charge on any atom is -0.491 e. The Morgan fingerprint density at radius 2 is 1.65 bits per heavy atom. The van der Waals surface area contributed by atoms with Crippen molar-refractivity contribution >= 4 is 0 Å². The number of aliphatic hydroxyl groups excluding tert-OH is 1. The van der Waals surface area contributed by atoms with Gasteiger partial charge in [-0.3, -0.25) is 0 Å². The molecule has 0 aliphatic carbocycles. The number of hydrogen-bond donors (Lipinski definition) is 1. The van der Waals surface area contributed by atoms with Crippen LogP contribution >= 0.6 is 0 Å². The predicted octanol–water partition coefficient (Wildman–Crippen LogP) is 3.92. The first-order valence-corrected chi connectivity index (χ1v) is 7.21. The molecule has 0 aliphatic heterocycles. The summed E-state index contributed by atoms with van der Waals surface area (Å²) in [7, 11) is 0. The third-order valence-electron chi connectivity index (χ3n) is 3.49. The summed E-state index contributed by atoms with van der Waals surface area (Å²) in [6.45, 7) is 4.51. The van der Waals surface area contributed by atoms with Crippen LogP contribution in [0.5, 0.6) is 5.75 Å². The summed E-state index contributed by atoms with van der Waals surface area (Å²) in [5.41, 5.74) is 3.41. The van der Waals surface area contributed by atoms with Crippen LogP contribution in [0.3, 0.4) is 0 Å². The smallest absolute Gasteiger partial charge is 0.119 e. The van der Waals surface area contributed by atoms with E-state index in [4.69, 9.17) is 4.74 Å². The Hall–Kier alpha value is -1.80. The first-order valence-electron chi connectivity index (χ1n) is 7.21. The normalized spacial score (nSPS) is 12.2. The molecule has 0 heterocycles. The summed E-state index contributed by atoms with van der Waals surface area (Å²) in [6.07, 6.45) is 1.40. The van der Waals surface area contributed by atoms with Gasteiger partial charge in [0, 0.05) is 0 Å². The van der Waals surface area contributed by atoms with Crippen molar-refractivity contribution in [1.29, 1.82) is 0 Å². The number of benzene rings is 2. The minimum absolute atomic E-state index is 0.276. The maximum Gasteiger partial charge on any atom is 0.119 e. The second kappa shape index (κ2) is 7.11. The van der Waals surface area contributed by atoms with Gasteiger partial charge in [-0.15, -0.1) is 0 Å². The Labute approximate surface area is 121 Å². The summed E-state index contributed by atoms with van der Waals surface area (Å²) in [5.74, 6) is 0.813. The van der Waals surface area contributed by atoms with Gasteiger partial charge in [0.25, 0.3) is 0 Å². The lowest BCUT2D eigenvalue weighted by Gasteiger charge is -2.13. The number of rotatable bonds is 6. The Kier molecular flexibility index (Phi) is 5.19. The van der Waals surface area contributed by atoms with Crippen LogP contribution in [0.4, 0.5) is 0 Å². The number of ether oxygens (including phenoxy) is 1. The summed E-state index contributed by atoms with van der Waals surface area (Å²) in [5, 5.41) is 10.1. The Bertz CT molecular complexity index is 531. The lowest BCUT2D eigenvalue weighted by Crippen LogP contribution is -2.09.